The SMILES string of the molecule is CC(=O)SCC(C)C(=O)N(CC(=O)O)C1CCc2ccccc2C1. The number of hydrogen-bond acceptors (Lipinski definition) is 4. The maximum Gasteiger partial charge on any atom is 0.323 e. The van der Waals surface area contributed by atoms with E-state index in [2.05, 4.69) is 6.07 Å². The van der Waals surface area contributed by atoms with Crippen LogP contribution in [0.15, 0.2) is 24.3 Å². The first-order valence-corrected chi connectivity index (χ1v) is 9.09. The Kier molecular flexibility index (Phi) is 6.43. The molecule has 5 nitrogen and oxygen atoms in total. The van der Waals surface area contributed by atoms with Gasteiger partial charge in [0.05, 0.1) is 0 Å². The van der Waals surface area contributed by atoms with E-state index < -0.39 is 5.97 Å². The second-order valence-corrected chi connectivity index (χ2v) is 7.43. The van der Waals surface area contributed by atoms with Gasteiger partial charge in [0.1, 0.15) is 6.54 Å². The molecule has 0 aliphatic heterocycles. The largest absolute Gasteiger partial charge is 0.480 e. The first kappa shape index (κ1) is 18.5. The molecule has 130 valence electrons. The van der Waals surface area contributed by atoms with Crippen molar-refractivity contribution in [2.24, 2.45) is 5.92 Å². The number of thioether (sulfide) groups is 1. The standard InChI is InChI=1S/C18H23NO4S/c1-12(11-24-13(2)20)18(23)19(10-17(21)22)16-8-7-14-5-3-4-6-15(14)9-16/h3-6,12,16H,7-11H2,1-2H3,(H,21,22). The number of amides is 1. The Morgan fingerprint density at radius 3 is 2.58 bits per heavy atom. The van der Waals surface area contributed by atoms with E-state index >= 15 is 0 Å². The lowest BCUT2D eigenvalue weighted by atomic mass is 9.87. The monoisotopic (exact) mass is 349 g/mol. The smallest absolute Gasteiger partial charge is 0.323 e. The Labute approximate surface area is 146 Å². The van der Waals surface area contributed by atoms with E-state index in [9.17, 15) is 19.5 Å². The van der Waals surface area contributed by atoms with E-state index in [1.54, 1.807) is 6.92 Å². The molecule has 1 aromatic rings. The van der Waals surface area contributed by atoms with Crippen LogP contribution < -0.4 is 0 Å². The summed E-state index contributed by atoms with van der Waals surface area (Å²) in [5.41, 5.74) is 2.46. The number of carboxylic acid groups (broad SMARTS) is 1. The highest BCUT2D eigenvalue weighted by Crippen LogP contribution is 2.26. The zero-order valence-electron chi connectivity index (χ0n) is 14.0. The molecule has 1 N–H and O–H groups in total. The molecule has 0 aromatic heterocycles. The maximum absolute atomic E-state index is 12.7. The summed E-state index contributed by atoms with van der Waals surface area (Å²) in [6, 6.07) is 7.99. The van der Waals surface area contributed by atoms with Crippen molar-refractivity contribution in [2.75, 3.05) is 12.3 Å². The molecule has 1 amide bonds. The average molecular weight is 349 g/mol. The average Bonchev–Trinajstić information content (AvgIpc) is 2.56. The van der Waals surface area contributed by atoms with Gasteiger partial charge in [-0.05, 0) is 30.4 Å². The predicted octanol–water partition coefficient (Wildman–Crippen LogP) is 2.37. The number of rotatable bonds is 6. The Morgan fingerprint density at radius 1 is 1.29 bits per heavy atom. The second-order valence-electron chi connectivity index (χ2n) is 6.23. The lowest BCUT2D eigenvalue weighted by Gasteiger charge is -2.35. The third-order valence-electron chi connectivity index (χ3n) is 4.31. The van der Waals surface area contributed by atoms with Crippen molar-refractivity contribution in [1.82, 2.24) is 4.90 Å². The number of hydrogen-bond donors (Lipinski definition) is 1. The summed E-state index contributed by atoms with van der Waals surface area (Å²) in [4.78, 5) is 36.6. The van der Waals surface area contributed by atoms with Crippen molar-refractivity contribution in [3.05, 3.63) is 35.4 Å². The van der Waals surface area contributed by atoms with Crippen LogP contribution >= 0.6 is 11.8 Å². The summed E-state index contributed by atoms with van der Waals surface area (Å²) in [6.45, 7) is 2.93. The summed E-state index contributed by atoms with van der Waals surface area (Å²) in [5, 5.41) is 9.17. The maximum atomic E-state index is 12.7. The van der Waals surface area contributed by atoms with Crippen molar-refractivity contribution in [2.45, 2.75) is 39.2 Å². The molecule has 0 saturated carbocycles. The van der Waals surface area contributed by atoms with Crippen molar-refractivity contribution in [1.29, 1.82) is 0 Å². The summed E-state index contributed by atoms with van der Waals surface area (Å²) in [6.07, 6.45) is 2.30. The molecule has 2 atom stereocenters. The number of nitrogens with zero attached hydrogens (tertiary/aromatic N) is 1. The fraction of sp³-hybridized carbons (Fsp3) is 0.500. The minimum atomic E-state index is -1.01. The molecule has 0 spiro atoms. The molecule has 24 heavy (non-hydrogen) atoms. The van der Waals surface area contributed by atoms with Gasteiger partial charge in [-0.25, -0.2) is 0 Å². The zero-order chi connectivity index (χ0) is 17.7. The van der Waals surface area contributed by atoms with Gasteiger partial charge in [-0.3, -0.25) is 14.4 Å². The summed E-state index contributed by atoms with van der Waals surface area (Å²) >= 11 is 1.11. The van der Waals surface area contributed by atoms with Crippen LogP contribution in [-0.4, -0.2) is 45.3 Å². The van der Waals surface area contributed by atoms with Crippen molar-refractivity contribution in [3.63, 3.8) is 0 Å². The van der Waals surface area contributed by atoms with E-state index in [4.69, 9.17) is 0 Å². The van der Waals surface area contributed by atoms with Crippen LogP contribution in [0.2, 0.25) is 0 Å². The van der Waals surface area contributed by atoms with Gasteiger partial charge in [0.25, 0.3) is 0 Å². The van der Waals surface area contributed by atoms with Crippen LogP contribution in [0.3, 0.4) is 0 Å². The minimum Gasteiger partial charge on any atom is -0.480 e. The fourth-order valence-corrected chi connectivity index (χ4v) is 3.70. The van der Waals surface area contributed by atoms with E-state index in [1.807, 2.05) is 18.2 Å². The van der Waals surface area contributed by atoms with Crippen LogP contribution in [0, 0.1) is 5.92 Å². The topological polar surface area (TPSA) is 74.7 Å². The van der Waals surface area contributed by atoms with Crippen molar-refractivity contribution in [3.8, 4) is 0 Å². The lowest BCUT2D eigenvalue weighted by Crippen LogP contribution is -2.48. The number of benzene rings is 1. The highest BCUT2D eigenvalue weighted by atomic mass is 32.2. The van der Waals surface area contributed by atoms with Gasteiger partial charge in [-0.1, -0.05) is 43.0 Å². The molecule has 1 aliphatic carbocycles. The zero-order valence-corrected chi connectivity index (χ0v) is 14.8. The summed E-state index contributed by atoms with van der Waals surface area (Å²) < 4.78 is 0. The van der Waals surface area contributed by atoms with Gasteiger partial charge < -0.3 is 10.0 Å². The molecule has 0 fully saturated rings. The van der Waals surface area contributed by atoms with Crippen LogP contribution in [-0.2, 0) is 27.2 Å². The van der Waals surface area contributed by atoms with Crippen molar-refractivity contribution >= 4 is 28.8 Å². The van der Waals surface area contributed by atoms with Gasteiger partial charge in [0.15, 0.2) is 5.12 Å². The molecular formula is C18H23NO4S. The van der Waals surface area contributed by atoms with E-state index in [-0.39, 0.29) is 29.5 Å². The van der Waals surface area contributed by atoms with E-state index in [0.29, 0.717) is 12.2 Å². The fourth-order valence-electron chi connectivity index (χ4n) is 3.07. The second kappa shape index (κ2) is 8.33. The first-order chi connectivity index (χ1) is 11.4. The molecule has 0 bridgehead atoms. The van der Waals surface area contributed by atoms with Gasteiger partial charge >= 0.3 is 5.97 Å². The van der Waals surface area contributed by atoms with Crippen molar-refractivity contribution < 1.29 is 19.5 Å². The highest BCUT2D eigenvalue weighted by molar-refractivity contribution is 8.13. The molecule has 2 rings (SSSR count). The number of aliphatic carboxylic acids is 1. The quantitative estimate of drug-likeness (QED) is 0.853. The molecule has 0 radical (unpaired) electrons. The summed E-state index contributed by atoms with van der Waals surface area (Å²) in [5.74, 6) is -1.19. The summed E-state index contributed by atoms with van der Waals surface area (Å²) in [7, 11) is 0. The third-order valence-corrected chi connectivity index (χ3v) is 5.38. The third kappa shape index (κ3) is 4.84. The number of carbonyl (C=O) groups excluding carboxylic acids is 2. The Morgan fingerprint density at radius 2 is 1.96 bits per heavy atom. The van der Waals surface area contributed by atoms with Gasteiger partial charge in [0.2, 0.25) is 5.91 Å². The van der Waals surface area contributed by atoms with Crippen LogP contribution in [0.5, 0.6) is 0 Å². The molecule has 1 aromatic carbocycles. The molecular weight excluding hydrogens is 326 g/mol. The van der Waals surface area contributed by atoms with E-state index in [1.165, 1.54) is 23.0 Å². The predicted molar refractivity (Wildman–Crippen MR) is 93.9 cm³/mol. The van der Waals surface area contributed by atoms with Crippen LogP contribution in [0.25, 0.3) is 0 Å². The lowest BCUT2D eigenvalue weighted by molar-refractivity contribution is -0.148. The number of carbonyl (C=O) groups is 3. The molecule has 1 aliphatic rings. The Bertz CT molecular complexity index is 631. The molecule has 0 saturated heterocycles. The number of fused-ring (bicyclic) bond motifs is 1. The Balaban J connectivity index is 2.12. The molecule has 2 unspecified atom stereocenters. The van der Waals surface area contributed by atoms with Crippen LogP contribution in [0.4, 0.5) is 0 Å². The normalized spacial score (nSPS) is 17.7. The van der Waals surface area contributed by atoms with Gasteiger partial charge in [-0.2, -0.15) is 0 Å². The first-order valence-electron chi connectivity index (χ1n) is 8.11. The number of carboxylic acids is 1. The number of aryl methyl sites for hydroxylation is 1. The van der Waals surface area contributed by atoms with Gasteiger partial charge in [0, 0.05) is 24.6 Å². The Hall–Kier alpha value is -1.82. The molecule has 0 heterocycles. The molecule has 6 heteroatoms. The van der Waals surface area contributed by atoms with E-state index in [0.717, 1.165) is 24.6 Å². The van der Waals surface area contributed by atoms with Crippen LogP contribution in [0.1, 0.15) is 31.4 Å². The highest BCUT2D eigenvalue weighted by Gasteiger charge is 2.31. The van der Waals surface area contributed by atoms with Gasteiger partial charge in [-0.15, -0.1) is 0 Å². The minimum absolute atomic E-state index is 0.0361.